The van der Waals surface area contributed by atoms with E-state index in [9.17, 15) is 108 Å². The maximum atomic E-state index is 12.4. The Morgan fingerprint density at radius 2 is 0.500 bits per heavy atom. The summed E-state index contributed by atoms with van der Waals surface area (Å²) in [5.41, 5.74) is 25.3. The first-order valence-corrected chi connectivity index (χ1v) is 46.0. The number of allylic oxidation sites excluding steroid dienone is 15. The van der Waals surface area contributed by atoms with E-state index in [-0.39, 0.29) is 118 Å². The molecule has 0 spiro atoms. The van der Waals surface area contributed by atoms with Gasteiger partial charge in [-0.25, -0.2) is 50.5 Å². The Morgan fingerprint density at radius 3 is 0.661 bits per heavy atom. The van der Waals surface area contributed by atoms with Crippen LogP contribution < -0.4 is 65.7 Å². The van der Waals surface area contributed by atoms with Gasteiger partial charge in [-0.15, -0.1) is 0 Å². The molecule has 43 heteroatoms. The van der Waals surface area contributed by atoms with Crippen LogP contribution in [0.3, 0.4) is 0 Å². The zero-order valence-electron chi connectivity index (χ0n) is 68.2. The molecule has 6 aromatic carbocycles. The van der Waals surface area contributed by atoms with Crippen LogP contribution in [0.5, 0.6) is 0 Å². The van der Waals surface area contributed by atoms with Gasteiger partial charge in [-0.05, 0) is 145 Å². The molecule has 3 aliphatic rings. The van der Waals surface area contributed by atoms with Gasteiger partial charge in [-0.2, -0.15) is 0 Å². The van der Waals surface area contributed by atoms with Crippen molar-refractivity contribution in [1.29, 1.82) is 0 Å². The van der Waals surface area contributed by atoms with Gasteiger partial charge in [0, 0.05) is 126 Å². The molecule has 0 atom stereocenters. The number of aliphatic imine (C=N–C) groups is 3. The molecule has 124 heavy (non-hydrogen) atoms. The Balaban J connectivity index is 0.000000286. The molecule has 3 aliphatic carbocycles. The van der Waals surface area contributed by atoms with Gasteiger partial charge in [0.25, 0.3) is 0 Å². The number of nitrogens with zero attached hydrogens (tertiary/aromatic N) is 3. The number of benzene rings is 6. The normalized spacial score (nSPS) is 15.0. The van der Waals surface area contributed by atoms with Crippen LogP contribution in [0.2, 0.25) is 0 Å². The summed E-state index contributed by atoms with van der Waals surface area (Å²) in [6.07, 6.45) is 26.2. The summed E-state index contributed by atoms with van der Waals surface area (Å²) in [6, 6.07) is 20.7. The van der Waals surface area contributed by atoms with Gasteiger partial charge in [-0.3, -0.25) is 29.4 Å². The van der Waals surface area contributed by atoms with Gasteiger partial charge in [0.05, 0.1) is 85.7 Å². The van der Waals surface area contributed by atoms with Crippen molar-refractivity contribution in [2.24, 2.45) is 31.2 Å². The van der Waals surface area contributed by atoms with E-state index in [1.807, 2.05) is 36.5 Å². The van der Waals surface area contributed by atoms with E-state index in [0.717, 1.165) is 36.4 Å². The minimum Gasteiger partial charge on any atom is -0.862 e. The third kappa shape index (κ3) is 27.3. The van der Waals surface area contributed by atoms with E-state index in [1.54, 1.807) is 36.5 Å². The third-order valence-corrected chi connectivity index (χ3v) is 24.3. The molecule has 0 saturated heterocycles. The Labute approximate surface area is 729 Å². The fraction of sp³-hybridized carbons (Fsp3) is 0.259. The summed E-state index contributed by atoms with van der Waals surface area (Å²) in [6.45, 7) is 11.3. The first kappa shape index (κ1) is 102. The summed E-state index contributed by atoms with van der Waals surface area (Å²) in [5, 5.41) is 44.0. The second-order valence-corrected chi connectivity index (χ2v) is 36.8. The molecule has 21 N–H and O–H groups in total. The van der Waals surface area contributed by atoms with E-state index in [2.05, 4.69) is 65.3 Å². The van der Waals surface area contributed by atoms with Crippen molar-refractivity contribution in [1.82, 2.24) is 0 Å². The van der Waals surface area contributed by atoms with Crippen LogP contribution in [0.15, 0.2) is 243 Å². The molecule has 0 heterocycles. The monoisotopic (exact) mass is 1840 g/mol. The Hall–Kier alpha value is -10.4. The molecule has 0 unspecified atom stereocenters. The Morgan fingerprint density at radius 1 is 0.306 bits per heavy atom. The topological polar surface area (TPSA) is 703 Å². The number of rotatable bonds is 30. The van der Waals surface area contributed by atoms with Crippen molar-refractivity contribution in [3.8, 4) is 0 Å². The maximum absolute atomic E-state index is 12.4. The van der Waals surface area contributed by atoms with Crippen molar-refractivity contribution < 1.29 is 142 Å². The summed E-state index contributed by atoms with van der Waals surface area (Å²) in [7, 11) is -31.2. The van der Waals surface area contributed by atoms with Crippen molar-refractivity contribution in [2.75, 3.05) is 55.2 Å². The van der Waals surface area contributed by atoms with E-state index < -0.39 is 108 Å². The van der Waals surface area contributed by atoms with Crippen LogP contribution in [0.4, 0.5) is 34.1 Å². The molecule has 3 amide bonds. The predicted molar refractivity (Wildman–Crippen MR) is 448 cm³/mol. The summed E-state index contributed by atoms with van der Waals surface area (Å²) >= 11 is 0. The number of carbonyl (C=O) groups excluding carboxylic acids is 3. The number of hydrogen-bond donors (Lipinski definition) is 9. The first-order valence-electron chi connectivity index (χ1n) is 37.6. The first-order chi connectivity index (χ1) is 57.3. The molecule has 9 rings (SSSR count). The SMILES string of the molecule is CC(=O)Nc1ccc(C(=C2C=CC(CC[NH3+])(CC[NH3+])C=C2)c2ccc(S(=O)(=O)[O-])cc2S(=O)(=O)[O-])c(N=C(C)[O-])c1.CC(=O)Nc1ccc(C(=C2C=CC(CC[NH3+])(CC[NH3+])C=C2)c2ccc(S(=O)(=O)[O-])cc2S(=O)(=O)[O-])c(N=C(C)[O-])c1.CC(=O)Nc1ccc(C(=C2C=CC(CC[NH3+])(CC[NH3+])C=C2)c2ccc(S(=O)(=O)[O-])cc2S(=O)(=O)[O-])c(N=C(C)[O-])c1.[Al+3]. The van der Waals surface area contributed by atoms with Gasteiger partial charge in [0.15, 0.2) is 0 Å². The molecule has 6 aromatic rings. The molecule has 0 fully saturated rings. The smallest absolute Gasteiger partial charge is 0.862 e. The van der Waals surface area contributed by atoms with Gasteiger partial charge >= 0.3 is 17.4 Å². The number of carbonyl (C=O) groups is 3. The average Bonchev–Trinajstić information content (AvgIpc) is 0.764. The zero-order chi connectivity index (χ0) is 91.8. The molecular formula is C81H93AlN12O24S6. The van der Waals surface area contributed by atoms with Crippen LogP contribution in [-0.2, 0) is 75.1 Å². The molecule has 0 saturated carbocycles. The van der Waals surface area contributed by atoms with Crippen molar-refractivity contribution >= 4 is 164 Å². The van der Waals surface area contributed by atoms with E-state index in [0.29, 0.717) is 130 Å². The molecule has 0 aliphatic heterocycles. The molecule has 0 bridgehead atoms. The second kappa shape index (κ2) is 42.5. The molecule has 0 radical (unpaired) electrons. The molecular weight excluding hydrogens is 1740 g/mol. The quantitative estimate of drug-likeness (QED) is 0.0121. The average molecular weight is 1840 g/mol. The largest absolute Gasteiger partial charge is 3.00 e. The van der Waals surface area contributed by atoms with Crippen LogP contribution >= 0.6 is 0 Å². The fourth-order valence-electron chi connectivity index (χ4n) is 14.2. The standard InChI is InChI=1S/3C27H32N4O8S2.Al/c3*1-17(32)30-20-3-5-22(24(15-20)31-18(2)33)26(19-7-9-27(10-8-19,11-13-28)12-14-29)23-6-4-21(40(34,35)36)16-25(23)41(37,38)39;/h3*3-10,15-16H,11-14,28-29H2,1-2H3,(H,30,32)(H,31,33)(H,34,35,36)(H,37,38,39);/q;;;+3/p-3. The van der Waals surface area contributed by atoms with Gasteiger partial charge in [0.2, 0.25) is 17.7 Å². The minimum absolute atomic E-state index is 0. The van der Waals surface area contributed by atoms with Crippen molar-refractivity contribution in [2.45, 2.75) is 109 Å². The maximum Gasteiger partial charge on any atom is 3.00 e. The van der Waals surface area contributed by atoms with Gasteiger partial charge in [-0.1, -0.05) is 109 Å². The molecule has 0 aromatic heterocycles. The molecule has 36 nitrogen and oxygen atoms in total. The third-order valence-electron chi connectivity index (χ3n) is 19.2. The van der Waals surface area contributed by atoms with Crippen LogP contribution in [0.25, 0.3) is 16.7 Å². The number of anilines is 3. The van der Waals surface area contributed by atoms with Crippen LogP contribution in [-0.4, -0.2) is 170 Å². The molecule has 660 valence electrons. The van der Waals surface area contributed by atoms with Crippen molar-refractivity contribution in [3.05, 3.63) is 232 Å². The van der Waals surface area contributed by atoms with Crippen molar-refractivity contribution in [3.63, 3.8) is 0 Å². The number of amides is 3. The zero-order valence-corrected chi connectivity index (χ0v) is 74.3. The number of quaternary nitrogens is 6. The van der Waals surface area contributed by atoms with E-state index in [1.165, 1.54) is 96.1 Å². The van der Waals surface area contributed by atoms with E-state index in [4.69, 9.17) is 0 Å². The fourth-order valence-corrected chi connectivity index (χ4v) is 18.0. The minimum atomic E-state index is -5.31. The van der Waals surface area contributed by atoms with Gasteiger partial charge < -0.3 is 93.0 Å². The predicted octanol–water partition coefficient (Wildman–Crippen LogP) is -0.256. The summed E-state index contributed by atoms with van der Waals surface area (Å²) in [5.74, 6) is -2.95. The Bertz CT molecular complexity index is 5600. The summed E-state index contributed by atoms with van der Waals surface area (Å²) in [4.78, 5) is 41.6. The second-order valence-electron chi connectivity index (χ2n) is 28.6. The van der Waals surface area contributed by atoms with Gasteiger partial charge in [0.1, 0.15) is 60.7 Å². The number of hydrogen-bond acceptors (Lipinski definition) is 27. The number of nitrogens with one attached hydrogen (secondary N) is 3. The van der Waals surface area contributed by atoms with Crippen LogP contribution in [0, 0.1) is 16.2 Å². The van der Waals surface area contributed by atoms with Crippen LogP contribution in [0.1, 0.15) is 113 Å². The Kier molecular flexibility index (Phi) is 35.1. The summed E-state index contributed by atoms with van der Waals surface area (Å²) < 4.78 is 217. The van der Waals surface area contributed by atoms with E-state index >= 15 is 0 Å².